The summed E-state index contributed by atoms with van der Waals surface area (Å²) in [4.78, 5) is 0. The van der Waals surface area contributed by atoms with Gasteiger partial charge in [-0.2, -0.15) is 0 Å². The molecule has 1 unspecified atom stereocenters. The maximum Gasteiger partial charge on any atom is 0.176 e. The summed E-state index contributed by atoms with van der Waals surface area (Å²) in [5, 5.41) is 57.7. The molecule has 0 aromatic carbocycles. The fourth-order valence-corrected chi connectivity index (χ4v) is 2.65. The van der Waals surface area contributed by atoms with E-state index in [1.54, 1.807) is 0 Å². The number of aliphatic hydroxyl groups is 6. The summed E-state index contributed by atoms with van der Waals surface area (Å²) in [6.45, 7) is -1.17. The average Bonchev–Trinajstić information content (AvgIpc) is 2.55. The lowest BCUT2D eigenvalue weighted by atomic mass is 9.95. The Hall–Kier alpha value is -0.440. The molecule has 2 fully saturated rings. The van der Waals surface area contributed by atoms with E-state index in [0.717, 1.165) is 0 Å². The molecule has 0 aromatic heterocycles. The summed E-state index contributed by atoms with van der Waals surface area (Å²) in [7, 11) is 0. The second-order valence-electron chi connectivity index (χ2n) is 5.70. The molecule has 2 aliphatic heterocycles. The number of hydrogen-bond acceptors (Lipinski definition) is 11. The van der Waals surface area contributed by atoms with Gasteiger partial charge in [-0.25, -0.2) is 0 Å². The molecule has 11 heteroatoms. The highest BCUT2D eigenvalue weighted by molar-refractivity contribution is 4.95. The third-order valence-electron chi connectivity index (χ3n) is 4.14. The molecule has 2 aliphatic rings. The van der Waals surface area contributed by atoms with E-state index in [4.69, 9.17) is 30.8 Å². The second kappa shape index (κ2) is 7.63. The third-order valence-corrected chi connectivity index (χ3v) is 4.14. The van der Waals surface area contributed by atoms with Crippen molar-refractivity contribution in [3.05, 3.63) is 0 Å². The van der Waals surface area contributed by atoms with Crippen LogP contribution >= 0.6 is 0 Å². The summed E-state index contributed by atoms with van der Waals surface area (Å²) in [6.07, 6.45) is -10.5. The number of ether oxygens (including phenoxy) is 3. The Morgan fingerprint density at radius 2 is 1.39 bits per heavy atom. The van der Waals surface area contributed by atoms with Gasteiger partial charge in [-0.3, -0.25) is 0 Å². The van der Waals surface area contributed by atoms with Crippen molar-refractivity contribution in [1.29, 1.82) is 0 Å². The summed E-state index contributed by atoms with van der Waals surface area (Å²) in [5.74, 6) is 0. The van der Waals surface area contributed by atoms with E-state index in [1.807, 2.05) is 0 Å². The number of aliphatic hydroxyl groups excluding tert-OH is 6. The van der Waals surface area contributed by atoms with Gasteiger partial charge in [0.25, 0.3) is 0 Å². The Bertz CT molecular complexity index is 386. The van der Waals surface area contributed by atoms with Gasteiger partial charge in [-0.15, -0.1) is 0 Å². The first kappa shape index (κ1) is 18.9. The average molecular weight is 340 g/mol. The minimum atomic E-state index is -1.49. The molecule has 0 saturated carbocycles. The Morgan fingerprint density at radius 3 is 1.96 bits per heavy atom. The first-order valence-electron chi connectivity index (χ1n) is 7.23. The minimum Gasteiger partial charge on any atom is -0.394 e. The van der Waals surface area contributed by atoms with E-state index in [0.29, 0.717) is 0 Å². The van der Waals surface area contributed by atoms with Crippen LogP contribution in [-0.4, -0.2) is 105 Å². The molecular formula is C12H24N2O9. The van der Waals surface area contributed by atoms with E-state index in [2.05, 4.69) is 0 Å². The van der Waals surface area contributed by atoms with Crippen molar-refractivity contribution in [3.63, 3.8) is 0 Å². The highest BCUT2D eigenvalue weighted by Gasteiger charge is 2.49. The van der Waals surface area contributed by atoms with Crippen molar-refractivity contribution < 1.29 is 44.8 Å². The molecule has 2 rings (SSSR count). The standard InChI is InChI=1S/C12H24N2O9/c13-5-9(19)10(4(2-16)21-11(5)20)23-12-6(14)8(18)7(17)3(1-15)22-12/h3-12,15-20H,1-2,13-14H2/t3-,4-,5-,6-,7-,8-,9-,10-,11?,12-/m1/s1. The van der Waals surface area contributed by atoms with Gasteiger partial charge < -0.3 is 56.3 Å². The number of nitrogens with two attached hydrogens (primary N) is 2. The molecule has 0 bridgehead atoms. The molecule has 0 aliphatic carbocycles. The maximum absolute atomic E-state index is 10.1. The van der Waals surface area contributed by atoms with Crippen LogP contribution in [0.1, 0.15) is 0 Å². The fourth-order valence-electron chi connectivity index (χ4n) is 2.65. The van der Waals surface area contributed by atoms with Crippen LogP contribution in [-0.2, 0) is 14.2 Å². The van der Waals surface area contributed by atoms with E-state index in [9.17, 15) is 25.5 Å². The zero-order valence-electron chi connectivity index (χ0n) is 12.3. The van der Waals surface area contributed by atoms with Crippen LogP contribution in [0.2, 0.25) is 0 Å². The molecule has 136 valence electrons. The van der Waals surface area contributed by atoms with E-state index in [1.165, 1.54) is 0 Å². The largest absolute Gasteiger partial charge is 0.394 e. The van der Waals surface area contributed by atoms with Crippen LogP contribution in [0.15, 0.2) is 0 Å². The Kier molecular flexibility index (Phi) is 6.27. The predicted molar refractivity (Wildman–Crippen MR) is 72.6 cm³/mol. The van der Waals surface area contributed by atoms with Crippen molar-refractivity contribution in [2.75, 3.05) is 13.2 Å². The van der Waals surface area contributed by atoms with Crippen LogP contribution < -0.4 is 11.5 Å². The van der Waals surface area contributed by atoms with Gasteiger partial charge in [0, 0.05) is 0 Å². The number of hydrogen-bond donors (Lipinski definition) is 8. The van der Waals surface area contributed by atoms with Crippen molar-refractivity contribution in [2.45, 2.75) is 61.3 Å². The zero-order valence-corrected chi connectivity index (χ0v) is 12.3. The predicted octanol–water partition coefficient (Wildman–Crippen LogP) is -5.46. The fraction of sp³-hybridized carbons (Fsp3) is 1.00. The smallest absolute Gasteiger partial charge is 0.176 e. The quantitative estimate of drug-likeness (QED) is 0.242. The second-order valence-corrected chi connectivity index (χ2v) is 5.70. The lowest BCUT2D eigenvalue weighted by Crippen LogP contribution is -2.67. The van der Waals surface area contributed by atoms with E-state index >= 15 is 0 Å². The van der Waals surface area contributed by atoms with Gasteiger partial charge in [-0.1, -0.05) is 0 Å². The van der Waals surface area contributed by atoms with E-state index < -0.39 is 74.5 Å². The summed E-state index contributed by atoms with van der Waals surface area (Å²) >= 11 is 0. The SMILES string of the molecule is N[C@H]1[C@@H](O[C@H]2[C@H](O)[C@@H](N)C(O)O[C@@H]2CO)O[C@H](CO)[C@@H](O)[C@@H]1O. The summed E-state index contributed by atoms with van der Waals surface area (Å²) in [6, 6.07) is -2.37. The van der Waals surface area contributed by atoms with Crippen molar-refractivity contribution >= 4 is 0 Å². The van der Waals surface area contributed by atoms with Crippen molar-refractivity contribution in [2.24, 2.45) is 11.5 Å². The maximum atomic E-state index is 10.1. The lowest BCUT2D eigenvalue weighted by molar-refractivity contribution is -0.324. The van der Waals surface area contributed by atoms with Crippen LogP contribution in [0.5, 0.6) is 0 Å². The molecular weight excluding hydrogens is 316 g/mol. The topological polar surface area (TPSA) is 201 Å². The first-order valence-corrected chi connectivity index (χ1v) is 7.23. The molecule has 10 atom stereocenters. The lowest BCUT2D eigenvalue weighted by Gasteiger charge is -2.45. The zero-order chi connectivity index (χ0) is 17.3. The first-order chi connectivity index (χ1) is 10.8. The highest BCUT2D eigenvalue weighted by atomic mass is 16.7. The Labute approximate surface area is 132 Å². The molecule has 0 radical (unpaired) electrons. The molecule has 2 heterocycles. The van der Waals surface area contributed by atoms with Gasteiger partial charge in [0.2, 0.25) is 0 Å². The van der Waals surface area contributed by atoms with Crippen LogP contribution in [0.3, 0.4) is 0 Å². The number of rotatable bonds is 4. The van der Waals surface area contributed by atoms with Gasteiger partial charge in [-0.05, 0) is 0 Å². The Morgan fingerprint density at radius 1 is 0.783 bits per heavy atom. The van der Waals surface area contributed by atoms with E-state index in [-0.39, 0.29) is 0 Å². The van der Waals surface area contributed by atoms with Gasteiger partial charge in [0.05, 0.1) is 25.3 Å². The third kappa shape index (κ3) is 3.65. The Balaban J connectivity index is 2.11. The van der Waals surface area contributed by atoms with Gasteiger partial charge in [0.15, 0.2) is 12.6 Å². The monoisotopic (exact) mass is 340 g/mol. The normalized spacial score (nSPS) is 51.7. The molecule has 2 saturated heterocycles. The van der Waals surface area contributed by atoms with Crippen LogP contribution in [0.25, 0.3) is 0 Å². The molecule has 23 heavy (non-hydrogen) atoms. The van der Waals surface area contributed by atoms with Gasteiger partial charge >= 0.3 is 0 Å². The summed E-state index contributed by atoms with van der Waals surface area (Å²) in [5.41, 5.74) is 11.3. The van der Waals surface area contributed by atoms with Gasteiger partial charge in [0.1, 0.15) is 36.6 Å². The molecule has 0 spiro atoms. The van der Waals surface area contributed by atoms with Crippen LogP contribution in [0, 0.1) is 0 Å². The van der Waals surface area contributed by atoms with Crippen molar-refractivity contribution in [1.82, 2.24) is 0 Å². The molecule has 10 N–H and O–H groups in total. The molecule has 0 aromatic rings. The minimum absolute atomic E-state index is 0.581. The highest BCUT2D eigenvalue weighted by Crippen LogP contribution is 2.27. The summed E-state index contributed by atoms with van der Waals surface area (Å²) < 4.78 is 15.8. The molecule has 0 amide bonds. The van der Waals surface area contributed by atoms with Crippen LogP contribution in [0.4, 0.5) is 0 Å². The van der Waals surface area contributed by atoms with Crippen molar-refractivity contribution in [3.8, 4) is 0 Å². The molecule has 11 nitrogen and oxygen atoms in total.